The molecule has 5 nitrogen and oxygen atoms in total. The monoisotopic (exact) mass is 377 g/mol. The summed E-state index contributed by atoms with van der Waals surface area (Å²) < 4.78 is 5.49. The highest BCUT2D eigenvalue weighted by molar-refractivity contribution is 5.81. The Bertz CT molecular complexity index is 799. The highest BCUT2D eigenvalue weighted by Crippen LogP contribution is 2.29. The van der Waals surface area contributed by atoms with Gasteiger partial charge in [-0.1, -0.05) is 43.2 Å². The lowest BCUT2D eigenvalue weighted by Crippen LogP contribution is -2.43. The molecular formula is C23H27N3O2. The molecule has 2 aromatic carbocycles. The van der Waals surface area contributed by atoms with Crippen LogP contribution in [-0.4, -0.2) is 18.6 Å². The van der Waals surface area contributed by atoms with Gasteiger partial charge >= 0.3 is 0 Å². The molecule has 0 aromatic heterocycles. The first-order valence-corrected chi connectivity index (χ1v) is 9.95. The molecule has 0 bridgehead atoms. The van der Waals surface area contributed by atoms with Crippen LogP contribution in [0.5, 0.6) is 5.75 Å². The Kier molecular flexibility index (Phi) is 6.91. The number of anilines is 1. The second kappa shape index (κ2) is 9.80. The van der Waals surface area contributed by atoms with E-state index in [1.54, 1.807) is 0 Å². The van der Waals surface area contributed by atoms with E-state index in [0.29, 0.717) is 6.61 Å². The number of amides is 1. The van der Waals surface area contributed by atoms with Gasteiger partial charge in [0.15, 0.2) is 0 Å². The second-order valence-electron chi connectivity index (χ2n) is 7.08. The average molecular weight is 377 g/mol. The second-order valence-corrected chi connectivity index (χ2v) is 7.08. The Morgan fingerprint density at radius 1 is 1.14 bits per heavy atom. The topological polar surface area (TPSA) is 74.2 Å². The Morgan fingerprint density at radius 3 is 2.54 bits per heavy atom. The van der Waals surface area contributed by atoms with E-state index in [2.05, 4.69) is 16.7 Å². The number of benzene rings is 2. The number of hydrogen-bond acceptors (Lipinski definition) is 4. The minimum absolute atomic E-state index is 0.0569. The van der Waals surface area contributed by atoms with Crippen molar-refractivity contribution in [2.45, 2.75) is 44.7 Å². The van der Waals surface area contributed by atoms with E-state index in [4.69, 9.17) is 4.74 Å². The zero-order valence-electron chi connectivity index (χ0n) is 16.2. The first-order valence-electron chi connectivity index (χ1n) is 9.95. The summed E-state index contributed by atoms with van der Waals surface area (Å²) in [5, 5.41) is 16.0. The molecule has 0 spiro atoms. The third-order valence-electron chi connectivity index (χ3n) is 5.17. The zero-order valence-corrected chi connectivity index (χ0v) is 16.2. The lowest BCUT2D eigenvalue weighted by atomic mass is 9.83. The van der Waals surface area contributed by atoms with Crippen LogP contribution in [0.2, 0.25) is 0 Å². The number of ether oxygens (including phenoxy) is 1. The molecule has 1 saturated carbocycles. The molecule has 0 aliphatic heterocycles. The maximum atomic E-state index is 13.0. The van der Waals surface area contributed by atoms with Crippen molar-refractivity contribution in [2.75, 3.05) is 11.9 Å². The molecule has 0 radical (unpaired) electrons. The van der Waals surface area contributed by atoms with Gasteiger partial charge in [0.25, 0.3) is 0 Å². The van der Waals surface area contributed by atoms with Gasteiger partial charge in [-0.25, -0.2) is 0 Å². The molecule has 0 saturated heterocycles. The van der Waals surface area contributed by atoms with Crippen LogP contribution in [0.4, 0.5) is 5.69 Å². The molecule has 1 amide bonds. The van der Waals surface area contributed by atoms with Gasteiger partial charge in [-0.15, -0.1) is 0 Å². The molecule has 3 unspecified atom stereocenters. The molecule has 0 heterocycles. The number of hydrogen-bond donors (Lipinski definition) is 2. The van der Waals surface area contributed by atoms with Crippen LogP contribution < -0.4 is 15.4 Å². The predicted molar refractivity (Wildman–Crippen MR) is 110 cm³/mol. The highest BCUT2D eigenvalue weighted by Gasteiger charge is 2.32. The van der Waals surface area contributed by atoms with Crippen LogP contribution in [0.1, 0.15) is 44.2 Å². The zero-order chi connectivity index (χ0) is 19.8. The van der Waals surface area contributed by atoms with Crippen LogP contribution in [0.3, 0.4) is 0 Å². The summed E-state index contributed by atoms with van der Waals surface area (Å²) in [4.78, 5) is 13.0. The fraction of sp³-hybridized carbons (Fsp3) is 0.391. The molecule has 3 atom stereocenters. The lowest BCUT2D eigenvalue weighted by Gasteiger charge is -2.32. The summed E-state index contributed by atoms with van der Waals surface area (Å²) in [5.74, 6) is 0.629. The molecule has 28 heavy (non-hydrogen) atoms. The lowest BCUT2D eigenvalue weighted by molar-refractivity contribution is -0.126. The van der Waals surface area contributed by atoms with E-state index in [0.717, 1.165) is 42.7 Å². The molecule has 3 rings (SSSR count). The van der Waals surface area contributed by atoms with Gasteiger partial charge in [0, 0.05) is 11.7 Å². The summed E-state index contributed by atoms with van der Waals surface area (Å²) in [6.45, 7) is 2.60. The number of carbonyl (C=O) groups excluding carboxylic acids is 1. The molecule has 1 aliphatic carbocycles. The minimum Gasteiger partial charge on any atom is -0.494 e. The van der Waals surface area contributed by atoms with E-state index in [-0.39, 0.29) is 17.9 Å². The Morgan fingerprint density at radius 2 is 1.86 bits per heavy atom. The Balaban J connectivity index is 1.66. The number of nitrogens with one attached hydrogen (secondary N) is 2. The van der Waals surface area contributed by atoms with Crippen LogP contribution in [0.15, 0.2) is 54.6 Å². The van der Waals surface area contributed by atoms with Crippen LogP contribution in [0, 0.1) is 17.2 Å². The summed E-state index contributed by atoms with van der Waals surface area (Å²) >= 11 is 0. The van der Waals surface area contributed by atoms with E-state index in [1.807, 2.05) is 61.5 Å². The van der Waals surface area contributed by atoms with Gasteiger partial charge in [-0.2, -0.15) is 5.26 Å². The van der Waals surface area contributed by atoms with Crippen LogP contribution >= 0.6 is 0 Å². The number of carbonyl (C=O) groups is 1. The van der Waals surface area contributed by atoms with Gasteiger partial charge in [-0.05, 0) is 49.6 Å². The number of rotatable bonds is 7. The summed E-state index contributed by atoms with van der Waals surface area (Å²) in [6, 6.07) is 18.9. The molecule has 5 heteroatoms. The average Bonchev–Trinajstić information content (AvgIpc) is 2.74. The van der Waals surface area contributed by atoms with E-state index in [9.17, 15) is 10.1 Å². The van der Waals surface area contributed by atoms with E-state index in [1.165, 1.54) is 0 Å². The third-order valence-corrected chi connectivity index (χ3v) is 5.17. The quantitative estimate of drug-likeness (QED) is 0.748. The van der Waals surface area contributed by atoms with Crippen LogP contribution in [0.25, 0.3) is 0 Å². The Labute approximate surface area is 166 Å². The fourth-order valence-electron chi connectivity index (χ4n) is 3.73. The maximum absolute atomic E-state index is 13.0. The summed E-state index contributed by atoms with van der Waals surface area (Å²) in [5.41, 5.74) is 1.79. The predicted octanol–water partition coefficient (Wildman–Crippen LogP) is 4.44. The first-order chi connectivity index (χ1) is 13.7. The van der Waals surface area contributed by atoms with Crippen molar-refractivity contribution in [1.82, 2.24) is 5.32 Å². The smallest absolute Gasteiger partial charge is 0.226 e. The van der Waals surface area contributed by atoms with E-state index < -0.39 is 6.04 Å². The van der Waals surface area contributed by atoms with Crippen LogP contribution in [-0.2, 0) is 4.79 Å². The number of nitriles is 1. The SMILES string of the molecule is CCOc1ccc(NC2CCCCC2C(=O)NC(C#N)c2ccccc2)cc1. The van der Waals surface area contributed by atoms with Gasteiger partial charge in [0.2, 0.25) is 5.91 Å². The van der Waals surface area contributed by atoms with Gasteiger partial charge < -0.3 is 15.4 Å². The normalized spacial score (nSPS) is 19.9. The largest absolute Gasteiger partial charge is 0.494 e. The van der Waals surface area contributed by atoms with Gasteiger partial charge in [-0.3, -0.25) is 4.79 Å². The van der Waals surface area contributed by atoms with E-state index >= 15 is 0 Å². The molecule has 146 valence electrons. The molecule has 1 aliphatic rings. The van der Waals surface area contributed by atoms with Gasteiger partial charge in [0.05, 0.1) is 18.6 Å². The maximum Gasteiger partial charge on any atom is 0.226 e. The van der Waals surface area contributed by atoms with Crippen molar-refractivity contribution >= 4 is 11.6 Å². The standard InChI is InChI=1S/C23H27N3O2/c1-2-28-19-14-12-18(13-15-19)25-21-11-7-6-10-20(21)23(27)26-22(16-24)17-8-4-3-5-9-17/h3-5,8-9,12-15,20-22,25H,2,6-7,10-11H2,1H3,(H,26,27). The van der Waals surface area contributed by atoms with Crippen molar-refractivity contribution in [3.05, 3.63) is 60.2 Å². The van der Waals surface area contributed by atoms with Crippen molar-refractivity contribution < 1.29 is 9.53 Å². The minimum atomic E-state index is -0.623. The Hall–Kier alpha value is -3.00. The fourth-order valence-corrected chi connectivity index (χ4v) is 3.73. The molecular weight excluding hydrogens is 350 g/mol. The van der Waals surface area contributed by atoms with Crippen molar-refractivity contribution in [3.63, 3.8) is 0 Å². The van der Waals surface area contributed by atoms with Gasteiger partial charge in [0.1, 0.15) is 11.8 Å². The summed E-state index contributed by atoms with van der Waals surface area (Å²) in [6.07, 6.45) is 3.89. The first kappa shape index (κ1) is 19.8. The molecule has 2 aromatic rings. The van der Waals surface area contributed by atoms with Crippen molar-refractivity contribution in [3.8, 4) is 11.8 Å². The molecule has 1 fully saturated rings. The number of nitrogens with zero attached hydrogens (tertiary/aromatic N) is 1. The third kappa shape index (κ3) is 5.04. The summed E-state index contributed by atoms with van der Waals surface area (Å²) in [7, 11) is 0. The molecule has 2 N–H and O–H groups in total. The van der Waals surface area contributed by atoms with Crippen molar-refractivity contribution in [1.29, 1.82) is 5.26 Å². The van der Waals surface area contributed by atoms with Crippen molar-refractivity contribution in [2.24, 2.45) is 5.92 Å². The highest BCUT2D eigenvalue weighted by atomic mass is 16.5.